The van der Waals surface area contributed by atoms with Crippen LogP contribution in [0.4, 0.5) is 0 Å². The zero-order chi connectivity index (χ0) is 14.8. The molecule has 0 bridgehead atoms. The first kappa shape index (κ1) is 15.8. The molecule has 2 rings (SSSR count). The summed E-state index contributed by atoms with van der Waals surface area (Å²) in [5, 5.41) is 16.0. The van der Waals surface area contributed by atoms with E-state index in [-0.39, 0.29) is 0 Å². The summed E-state index contributed by atoms with van der Waals surface area (Å²) in [4.78, 5) is 0. The minimum atomic E-state index is -0.591. The van der Waals surface area contributed by atoms with E-state index in [0.717, 1.165) is 54.4 Å². The first-order valence-corrected chi connectivity index (χ1v) is 8.29. The van der Waals surface area contributed by atoms with Crippen LogP contribution in [-0.4, -0.2) is 20.5 Å². The van der Waals surface area contributed by atoms with Gasteiger partial charge < -0.3 is 5.11 Å². The van der Waals surface area contributed by atoms with E-state index in [0.29, 0.717) is 6.42 Å². The highest BCUT2D eigenvalue weighted by atomic mass is 35.5. The summed E-state index contributed by atoms with van der Waals surface area (Å²) in [6, 6.07) is 0. The maximum absolute atomic E-state index is 10.8. The van der Waals surface area contributed by atoms with Crippen molar-refractivity contribution in [2.24, 2.45) is 13.0 Å². The van der Waals surface area contributed by atoms with Gasteiger partial charge in [0, 0.05) is 13.5 Å². The lowest BCUT2D eigenvalue weighted by Gasteiger charge is -2.36. The van der Waals surface area contributed by atoms with Crippen molar-refractivity contribution in [1.29, 1.82) is 0 Å². The molecule has 0 spiro atoms. The lowest BCUT2D eigenvalue weighted by molar-refractivity contribution is -0.0113. The van der Waals surface area contributed by atoms with Crippen molar-refractivity contribution in [2.45, 2.75) is 70.8 Å². The highest BCUT2D eigenvalue weighted by Crippen LogP contribution is 2.37. The third-order valence-corrected chi connectivity index (χ3v) is 5.17. The molecule has 1 aromatic heterocycles. The van der Waals surface area contributed by atoms with Gasteiger partial charge in [-0.2, -0.15) is 5.10 Å². The van der Waals surface area contributed by atoms with E-state index in [1.165, 1.54) is 12.8 Å². The Bertz CT molecular complexity index is 448. The van der Waals surface area contributed by atoms with Gasteiger partial charge in [0.1, 0.15) is 0 Å². The van der Waals surface area contributed by atoms with E-state index in [4.69, 9.17) is 11.6 Å². The number of aryl methyl sites for hydroxylation is 2. The molecule has 3 nitrogen and oxygen atoms in total. The van der Waals surface area contributed by atoms with Crippen molar-refractivity contribution >= 4 is 11.6 Å². The molecule has 0 amide bonds. The fourth-order valence-electron chi connectivity index (χ4n) is 3.41. The highest BCUT2D eigenvalue weighted by Gasteiger charge is 2.34. The Morgan fingerprint density at radius 3 is 2.50 bits per heavy atom. The monoisotopic (exact) mass is 298 g/mol. The Balaban J connectivity index is 2.05. The van der Waals surface area contributed by atoms with E-state index in [2.05, 4.69) is 18.9 Å². The first-order chi connectivity index (χ1) is 9.49. The van der Waals surface area contributed by atoms with Crippen LogP contribution in [-0.2, 0) is 19.9 Å². The van der Waals surface area contributed by atoms with Gasteiger partial charge in [-0.15, -0.1) is 0 Å². The molecule has 0 aliphatic heterocycles. The topological polar surface area (TPSA) is 38.1 Å². The van der Waals surface area contributed by atoms with Crippen LogP contribution in [0.2, 0.25) is 5.02 Å². The van der Waals surface area contributed by atoms with Crippen LogP contribution in [0.1, 0.15) is 63.8 Å². The average Bonchev–Trinajstić information content (AvgIpc) is 2.69. The molecule has 1 aliphatic carbocycles. The number of hydrogen-bond acceptors (Lipinski definition) is 2. The number of aliphatic hydroxyl groups is 1. The van der Waals surface area contributed by atoms with E-state index < -0.39 is 5.60 Å². The predicted molar refractivity (Wildman–Crippen MR) is 83.1 cm³/mol. The van der Waals surface area contributed by atoms with Crippen molar-refractivity contribution in [2.75, 3.05) is 0 Å². The van der Waals surface area contributed by atoms with Gasteiger partial charge in [-0.25, -0.2) is 0 Å². The van der Waals surface area contributed by atoms with E-state index in [9.17, 15) is 5.11 Å². The van der Waals surface area contributed by atoms with E-state index in [1.807, 2.05) is 11.7 Å². The Hall–Kier alpha value is -0.540. The minimum Gasteiger partial charge on any atom is -0.389 e. The maximum Gasteiger partial charge on any atom is 0.0850 e. The van der Waals surface area contributed by atoms with Crippen molar-refractivity contribution in [3.8, 4) is 0 Å². The Morgan fingerprint density at radius 2 is 2.00 bits per heavy atom. The summed E-state index contributed by atoms with van der Waals surface area (Å²) >= 11 is 6.39. The fourth-order valence-corrected chi connectivity index (χ4v) is 3.77. The normalized spacial score (nSPS) is 26.9. The average molecular weight is 299 g/mol. The van der Waals surface area contributed by atoms with Crippen LogP contribution >= 0.6 is 11.6 Å². The predicted octanol–water partition coefficient (Wildman–Crippen LogP) is 3.90. The van der Waals surface area contributed by atoms with Crippen LogP contribution in [0, 0.1) is 5.92 Å². The molecule has 0 unspecified atom stereocenters. The summed E-state index contributed by atoms with van der Waals surface area (Å²) in [7, 11) is 1.92. The van der Waals surface area contributed by atoms with E-state index >= 15 is 0 Å². The van der Waals surface area contributed by atoms with Crippen LogP contribution in [0.15, 0.2) is 0 Å². The number of hydrogen-bond donors (Lipinski definition) is 1. The zero-order valence-corrected chi connectivity index (χ0v) is 13.7. The van der Waals surface area contributed by atoms with Gasteiger partial charge in [0.05, 0.1) is 22.0 Å². The third kappa shape index (κ3) is 3.37. The Kier molecular flexibility index (Phi) is 5.14. The molecule has 1 aliphatic rings. The molecule has 4 heteroatoms. The molecule has 1 fully saturated rings. The first-order valence-electron chi connectivity index (χ1n) is 7.91. The van der Waals surface area contributed by atoms with Crippen LogP contribution in [0.3, 0.4) is 0 Å². The second-order valence-electron chi connectivity index (χ2n) is 6.32. The molecule has 1 saturated carbocycles. The van der Waals surface area contributed by atoms with Crippen molar-refractivity contribution < 1.29 is 5.11 Å². The molecular formula is C16H27ClN2O. The number of halogens is 1. The van der Waals surface area contributed by atoms with Gasteiger partial charge in [-0.1, -0.05) is 38.3 Å². The lowest BCUT2D eigenvalue weighted by Crippen LogP contribution is -2.37. The smallest absolute Gasteiger partial charge is 0.0850 e. The second-order valence-corrected chi connectivity index (χ2v) is 6.70. The maximum atomic E-state index is 10.8. The van der Waals surface area contributed by atoms with Crippen molar-refractivity contribution in [3.63, 3.8) is 0 Å². The van der Waals surface area contributed by atoms with Gasteiger partial charge in [0.15, 0.2) is 0 Å². The Labute approximate surface area is 127 Å². The second kappa shape index (κ2) is 6.48. The summed E-state index contributed by atoms with van der Waals surface area (Å²) < 4.78 is 1.84. The van der Waals surface area contributed by atoms with Crippen LogP contribution in [0.5, 0.6) is 0 Å². The molecule has 114 valence electrons. The number of rotatable bonds is 5. The molecular weight excluding hydrogens is 272 g/mol. The number of aromatic nitrogens is 2. The minimum absolute atomic E-state index is 0.591. The van der Waals surface area contributed by atoms with Gasteiger partial charge in [-0.3, -0.25) is 4.68 Å². The molecule has 1 N–H and O–H groups in total. The molecule has 0 atom stereocenters. The van der Waals surface area contributed by atoms with Crippen molar-refractivity contribution in [1.82, 2.24) is 9.78 Å². The highest BCUT2D eigenvalue weighted by molar-refractivity contribution is 6.31. The van der Waals surface area contributed by atoms with Crippen molar-refractivity contribution in [3.05, 3.63) is 16.4 Å². The summed E-state index contributed by atoms with van der Waals surface area (Å²) in [5.74, 6) is 0.800. The summed E-state index contributed by atoms with van der Waals surface area (Å²) in [5.41, 5.74) is 1.33. The van der Waals surface area contributed by atoms with Gasteiger partial charge in [0.2, 0.25) is 0 Å². The lowest BCUT2D eigenvalue weighted by atomic mass is 9.75. The Morgan fingerprint density at radius 1 is 1.35 bits per heavy atom. The molecule has 0 radical (unpaired) electrons. The van der Waals surface area contributed by atoms with Crippen LogP contribution in [0.25, 0.3) is 0 Å². The van der Waals surface area contributed by atoms with Crippen LogP contribution < -0.4 is 0 Å². The molecule has 0 saturated heterocycles. The van der Waals surface area contributed by atoms with E-state index in [1.54, 1.807) is 0 Å². The molecule has 20 heavy (non-hydrogen) atoms. The standard InChI is InChI=1S/C16H27ClN2O/c1-4-6-12-7-9-16(20,10-8-12)11-14-15(17)13(5-2)18-19(14)3/h12,20H,4-11H2,1-3H3. The molecule has 1 aromatic rings. The quantitative estimate of drug-likeness (QED) is 0.895. The summed E-state index contributed by atoms with van der Waals surface area (Å²) in [6.45, 7) is 4.30. The summed E-state index contributed by atoms with van der Waals surface area (Å²) in [6.07, 6.45) is 8.07. The molecule has 0 aromatic carbocycles. The molecule has 1 heterocycles. The zero-order valence-electron chi connectivity index (χ0n) is 13.0. The van der Waals surface area contributed by atoms with Gasteiger partial charge in [0.25, 0.3) is 0 Å². The van der Waals surface area contributed by atoms with Gasteiger partial charge >= 0.3 is 0 Å². The SMILES string of the molecule is CCCC1CCC(O)(Cc2c(Cl)c(CC)nn2C)CC1. The van der Waals surface area contributed by atoms with Gasteiger partial charge in [-0.05, 0) is 38.0 Å². The fraction of sp³-hybridized carbons (Fsp3) is 0.812. The number of nitrogens with zero attached hydrogens (tertiary/aromatic N) is 2. The largest absolute Gasteiger partial charge is 0.389 e. The third-order valence-electron chi connectivity index (χ3n) is 4.73.